The molecule has 2 N–H and O–H groups in total. The van der Waals surface area contributed by atoms with Gasteiger partial charge in [-0.1, -0.05) is 19.1 Å². The highest BCUT2D eigenvalue weighted by Crippen LogP contribution is 2.27. The van der Waals surface area contributed by atoms with E-state index in [1.165, 1.54) is 0 Å². The van der Waals surface area contributed by atoms with Crippen LogP contribution < -0.4 is 10.1 Å². The van der Waals surface area contributed by atoms with Crippen molar-refractivity contribution in [1.29, 1.82) is 0 Å². The van der Waals surface area contributed by atoms with Crippen LogP contribution in [0.15, 0.2) is 29.2 Å². The van der Waals surface area contributed by atoms with Crippen LogP contribution in [0.4, 0.5) is 0 Å². The minimum atomic E-state index is -0.847. The van der Waals surface area contributed by atoms with Gasteiger partial charge in [0.15, 0.2) is 0 Å². The van der Waals surface area contributed by atoms with Crippen LogP contribution in [-0.2, 0) is 0 Å². The van der Waals surface area contributed by atoms with Gasteiger partial charge in [-0.15, -0.1) is 11.8 Å². The van der Waals surface area contributed by atoms with Crippen molar-refractivity contribution < 1.29 is 9.84 Å². The van der Waals surface area contributed by atoms with Gasteiger partial charge in [-0.2, -0.15) is 0 Å². The monoisotopic (exact) mass is 269 g/mol. The maximum atomic E-state index is 10.2. The molecule has 0 amide bonds. The first-order valence-electron chi connectivity index (χ1n) is 6.28. The Morgan fingerprint density at radius 1 is 1.39 bits per heavy atom. The quantitative estimate of drug-likeness (QED) is 0.562. The van der Waals surface area contributed by atoms with Crippen molar-refractivity contribution >= 4 is 11.8 Å². The molecule has 1 atom stereocenters. The molecule has 0 saturated heterocycles. The fourth-order valence-electron chi connectivity index (χ4n) is 1.56. The third kappa shape index (κ3) is 5.29. The fourth-order valence-corrected chi connectivity index (χ4v) is 2.10. The molecule has 0 heterocycles. The Balaban J connectivity index is 2.47. The van der Waals surface area contributed by atoms with E-state index in [0.29, 0.717) is 13.2 Å². The van der Waals surface area contributed by atoms with E-state index >= 15 is 0 Å². The van der Waals surface area contributed by atoms with Crippen molar-refractivity contribution in [3.05, 3.63) is 24.3 Å². The maximum Gasteiger partial charge on any atom is 0.132 e. The van der Waals surface area contributed by atoms with Crippen molar-refractivity contribution in [1.82, 2.24) is 5.32 Å². The lowest BCUT2D eigenvalue weighted by Crippen LogP contribution is -2.43. The number of thioether (sulfide) groups is 1. The molecule has 1 rings (SSSR count). The van der Waals surface area contributed by atoms with E-state index in [1.807, 2.05) is 30.5 Å². The van der Waals surface area contributed by atoms with E-state index in [4.69, 9.17) is 4.74 Å². The lowest BCUT2D eigenvalue weighted by Gasteiger charge is -2.24. The summed E-state index contributed by atoms with van der Waals surface area (Å²) in [5.41, 5.74) is -0.847. The van der Waals surface area contributed by atoms with Crippen molar-refractivity contribution in [2.45, 2.75) is 30.8 Å². The van der Waals surface area contributed by atoms with E-state index in [0.717, 1.165) is 23.6 Å². The molecule has 0 radical (unpaired) electrons. The Hall–Kier alpha value is -0.710. The van der Waals surface area contributed by atoms with Gasteiger partial charge in [0.05, 0.1) is 0 Å². The minimum Gasteiger partial charge on any atom is -0.489 e. The Labute approximate surface area is 114 Å². The van der Waals surface area contributed by atoms with Gasteiger partial charge in [0.1, 0.15) is 18.0 Å². The second-order valence-corrected chi connectivity index (χ2v) is 5.46. The Bertz CT molecular complexity index is 355. The smallest absolute Gasteiger partial charge is 0.132 e. The van der Waals surface area contributed by atoms with Gasteiger partial charge in [0.2, 0.25) is 0 Å². The number of ether oxygens (including phenoxy) is 1. The molecule has 0 bridgehead atoms. The molecular formula is C14H23NO2S. The number of nitrogens with one attached hydrogen (secondary N) is 1. The third-order valence-electron chi connectivity index (χ3n) is 2.54. The average Bonchev–Trinajstić information content (AvgIpc) is 2.37. The van der Waals surface area contributed by atoms with Crippen LogP contribution in [0, 0.1) is 0 Å². The molecule has 0 aromatic heterocycles. The van der Waals surface area contributed by atoms with Gasteiger partial charge in [-0.3, -0.25) is 0 Å². The molecule has 0 fully saturated rings. The van der Waals surface area contributed by atoms with E-state index in [-0.39, 0.29) is 0 Å². The molecule has 0 aliphatic carbocycles. The van der Waals surface area contributed by atoms with Gasteiger partial charge in [0.25, 0.3) is 0 Å². The van der Waals surface area contributed by atoms with Crippen LogP contribution in [0.2, 0.25) is 0 Å². The Morgan fingerprint density at radius 2 is 2.11 bits per heavy atom. The second-order valence-electron chi connectivity index (χ2n) is 4.61. The molecule has 3 nitrogen and oxygen atoms in total. The van der Waals surface area contributed by atoms with Crippen LogP contribution >= 0.6 is 11.8 Å². The van der Waals surface area contributed by atoms with E-state index in [2.05, 4.69) is 12.2 Å². The van der Waals surface area contributed by atoms with Gasteiger partial charge in [-0.05, 0) is 38.3 Å². The van der Waals surface area contributed by atoms with Crippen molar-refractivity contribution in [3.63, 3.8) is 0 Å². The molecule has 18 heavy (non-hydrogen) atoms. The van der Waals surface area contributed by atoms with Gasteiger partial charge < -0.3 is 15.2 Å². The summed E-state index contributed by atoms with van der Waals surface area (Å²) in [4.78, 5) is 1.09. The highest BCUT2D eigenvalue weighted by molar-refractivity contribution is 7.98. The molecule has 0 spiro atoms. The molecule has 0 saturated carbocycles. The first kappa shape index (κ1) is 15.3. The van der Waals surface area contributed by atoms with Crippen LogP contribution in [0.3, 0.4) is 0 Å². The molecule has 1 unspecified atom stereocenters. The Kier molecular flexibility index (Phi) is 6.54. The van der Waals surface area contributed by atoms with Crippen molar-refractivity contribution in [3.8, 4) is 5.75 Å². The average molecular weight is 269 g/mol. The van der Waals surface area contributed by atoms with E-state index in [1.54, 1.807) is 18.7 Å². The number of hydrogen-bond acceptors (Lipinski definition) is 4. The number of benzene rings is 1. The zero-order valence-electron chi connectivity index (χ0n) is 11.4. The lowest BCUT2D eigenvalue weighted by molar-refractivity contribution is 0.0116. The summed E-state index contributed by atoms with van der Waals surface area (Å²) >= 11 is 1.65. The summed E-state index contributed by atoms with van der Waals surface area (Å²) in [5.74, 6) is 0.834. The summed E-state index contributed by atoms with van der Waals surface area (Å²) in [6, 6.07) is 7.88. The minimum absolute atomic E-state index is 0.293. The van der Waals surface area contributed by atoms with Gasteiger partial charge in [0, 0.05) is 11.4 Å². The molecular weight excluding hydrogens is 246 g/mol. The summed E-state index contributed by atoms with van der Waals surface area (Å²) in [7, 11) is 0. The first-order chi connectivity index (χ1) is 8.59. The number of para-hydroxylation sites is 1. The van der Waals surface area contributed by atoms with E-state index in [9.17, 15) is 5.11 Å². The molecule has 1 aromatic carbocycles. The van der Waals surface area contributed by atoms with Crippen LogP contribution in [0.5, 0.6) is 5.75 Å². The number of rotatable bonds is 8. The second kappa shape index (κ2) is 7.67. The first-order valence-corrected chi connectivity index (χ1v) is 7.50. The van der Waals surface area contributed by atoms with Crippen molar-refractivity contribution in [2.75, 3.05) is 26.0 Å². The fraction of sp³-hybridized carbons (Fsp3) is 0.571. The standard InChI is InChI=1S/C14H23NO2S/c1-4-9-15-10-14(2,16)11-17-12-7-5-6-8-13(12)18-3/h5-8,15-16H,4,9-11H2,1-3H3. The third-order valence-corrected chi connectivity index (χ3v) is 3.32. The largest absolute Gasteiger partial charge is 0.489 e. The topological polar surface area (TPSA) is 41.5 Å². The van der Waals surface area contributed by atoms with Crippen LogP contribution in [0.25, 0.3) is 0 Å². The zero-order chi connectivity index (χ0) is 13.4. The van der Waals surface area contributed by atoms with Gasteiger partial charge in [-0.25, -0.2) is 0 Å². The number of aliphatic hydroxyl groups is 1. The zero-order valence-corrected chi connectivity index (χ0v) is 12.2. The normalized spacial score (nSPS) is 14.2. The summed E-state index contributed by atoms with van der Waals surface area (Å²) in [5, 5.41) is 13.4. The molecule has 1 aromatic rings. The molecule has 0 aliphatic rings. The Morgan fingerprint density at radius 3 is 2.78 bits per heavy atom. The van der Waals surface area contributed by atoms with E-state index < -0.39 is 5.60 Å². The van der Waals surface area contributed by atoms with Crippen LogP contribution in [-0.4, -0.2) is 36.7 Å². The summed E-state index contributed by atoms with van der Waals surface area (Å²) < 4.78 is 5.71. The molecule has 4 heteroatoms. The maximum absolute atomic E-state index is 10.2. The summed E-state index contributed by atoms with van der Waals surface area (Å²) in [6.45, 7) is 5.64. The lowest BCUT2D eigenvalue weighted by atomic mass is 10.1. The summed E-state index contributed by atoms with van der Waals surface area (Å²) in [6.07, 6.45) is 3.08. The van der Waals surface area contributed by atoms with Gasteiger partial charge >= 0.3 is 0 Å². The van der Waals surface area contributed by atoms with Crippen molar-refractivity contribution in [2.24, 2.45) is 0 Å². The number of hydrogen-bond donors (Lipinski definition) is 2. The highest BCUT2D eigenvalue weighted by atomic mass is 32.2. The predicted octanol–water partition coefficient (Wildman–Crippen LogP) is 2.54. The SMILES string of the molecule is CCCNCC(C)(O)COc1ccccc1SC. The highest BCUT2D eigenvalue weighted by Gasteiger charge is 2.21. The molecule has 0 aliphatic heterocycles. The molecule has 102 valence electrons. The van der Waals surface area contributed by atoms with Crippen LogP contribution in [0.1, 0.15) is 20.3 Å². The predicted molar refractivity (Wildman–Crippen MR) is 77.5 cm³/mol.